The molecule has 110 valence electrons. The Morgan fingerprint density at radius 2 is 1.77 bits per heavy atom. The molecule has 3 aromatic rings. The van der Waals surface area contributed by atoms with Gasteiger partial charge in [-0.15, -0.1) is 0 Å². The van der Waals surface area contributed by atoms with Gasteiger partial charge in [0, 0.05) is 30.3 Å². The average Bonchev–Trinajstić information content (AvgIpc) is 2.56. The lowest BCUT2D eigenvalue weighted by atomic mass is 10.1. The molecule has 0 aliphatic rings. The standard InChI is InChI=1S/C17H15N3OS/c21-16(8-11-22-17-18-9-3-10-19-17)20-15-7-6-13-4-1-2-5-14(13)12-15/h1-7,9-10,12H,8,11H2,(H,20,21). The SMILES string of the molecule is O=C(CCSc1ncccn1)Nc1ccc2ccccc2c1. The normalized spacial score (nSPS) is 10.5. The summed E-state index contributed by atoms with van der Waals surface area (Å²) in [6.45, 7) is 0. The fourth-order valence-corrected chi connectivity index (χ4v) is 2.83. The van der Waals surface area contributed by atoms with Gasteiger partial charge in [0.15, 0.2) is 5.16 Å². The van der Waals surface area contributed by atoms with Gasteiger partial charge in [-0.1, -0.05) is 42.1 Å². The van der Waals surface area contributed by atoms with E-state index < -0.39 is 0 Å². The topological polar surface area (TPSA) is 54.9 Å². The van der Waals surface area contributed by atoms with Crippen LogP contribution in [-0.4, -0.2) is 21.6 Å². The number of benzene rings is 2. The van der Waals surface area contributed by atoms with Crippen molar-refractivity contribution in [2.45, 2.75) is 11.6 Å². The third kappa shape index (κ3) is 3.83. The van der Waals surface area contributed by atoms with E-state index >= 15 is 0 Å². The smallest absolute Gasteiger partial charge is 0.225 e. The number of carbonyl (C=O) groups is 1. The molecule has 0 saturated heterocycles. The minimum Gasteiger partial charge on any atom is -0.326 e. The van der Waals surface area contributed by atoms with Gasteiger partial charge in [-0.2, -0.15) is 0 Å². The van der Waals surface area contributed by atoms with Crippen molar-refractivity contribution in [3.05, 3.63) is 60.9 Å². The molecule has 4 nitrogen and oxygen atoms in total. The van der Waals surface area contributed by atoms with Crippen LogP contribution in [0.3, 0.4) is 0 Å². The van der Waals surface area contributed by atoms with Crippen LogP contribution < -0.4 is 5.32 Å². The molecule has 0 radical (unpaired) electrons. The third-order valence-corrected chi connectivity index (χ3v) is 4.01. The number of fused-ring (bicyclic) bond motifs is 1. The first-order chi connectivity index (χ1) is 10.8. The summed E-state index contributed by atoms with van der Waals surface area (Å²) in [4.78, 5) is 20.2. The number of hydrogen-bond acceptors (Lipinski definition) is 4. The molecular weight excluding hydrogens is 294 g/mol. The van der Waals surface area contributed by atoms with Gasteiger partial charge < -0.3 is 5.32 Å². The van der Waals surface area contributed by atoms with E-state index in [4.69, 9.17) is 0 Å². The van der Waals surface area contributed by atoms with Crippen molar-refractivity contribution in [3.8, 4) is 0 Å². The van der Waals surface area contributed by atoms with Crippen LogP contribution in [0.1, 0.15) is 6.42 Å². The molecule has 1 N–H and O–H groups in total. The van der Waals surface area contributed by atoms with E-state index in [1.807, 2.05) is 36.4 Å². The maximum Gasteiger partial charge on any atom is 0.225 e. The van der Waals surface area contributed by atoms with E-state index in [1.54, 1.807) is 18.5 Å². The van der Waals surface area contributed by atoms with Gasteiger partial charge in [0.25, 0.3) is 0 Å². The van der Waals surface area contributed by atoms with Gasteiger partial charge in [0.1, 0.15) is 0 Å². The lowest BCUT2D eigenvalue weighted by Crippen LogP contribution is -2.12. The van der Waals surface area contributed by atoms with E-state index in [-0.39, 0.29) is 5.91 Å². The van der Waals surface area contributed by atoms with E-state index in [9.17, 15) is 4.79 Å². The summed E-state index contributed by atoms with van der Waals surface area (Å²) in [7, 11) is 0. The Kier molecular flexibility index (Phi) is 4.65. The average molecular weight is 309 g/mol. The van der Waals surface area contributed by atoms with Crippen LogP contribution in [0.15, 0.2) is 66.1 Å². The molecule has 0 fully saturated rings. The minimum atomic E-state index is -0.00119. The van der Waals surface area contributed by atoms with Gasteiger partial charge in [-0.25, -0.2) is 9.97 Å². The highest BCUT2D eigenvalue weighted by Gasteiger charge is 2.04. The van der Waals surface area contributed by atoms with Crippen LogP contribution in [0.25, 0.3) is 10.8 Å². The number of amides is 1. The fraction of sp³-hybridized carbons (Fsp3) is 0.118. The summed E-state index contributed by atoms with van der Waals surface area (Å²) in [5.74, 6) is 0.655. The fourth-order valence-electron chi connectivity index (χ4n) is 2.09. The summed E-state index contributed by atoms with van der Waals surface area (Å²) >= 11 is 1.48. The molecule has 0 aliphatic carbocycles. The van der Waals surface area contributed by atoms with E-state index in [1.165, 1.54) is 11.8 Å². The zero-order chi connectivity index (χ0) is 15.2. The van der Waals surface area contributed by atoms with Crippen molar-refractivity contribution < 1.29 is 4.79 Å². The zero-order valence-electron chi connectivity index (χ0n) is 11.9. The first-order valence-corrected chi connectivity index (χ1v) is 7.98. The third-order valence-electron chi connectivity index (χ3n) is 3.14. The Morgan fingerprint density at radius 3 is 2.59 bits per heavy atom. The van der Waals surface area contributed by atoms with Crippen LogP contribution in [0.5, 0.6) is 0 Å². The Hall–Kier alpha value is -2.40. The van der Waals surface area contributed by atoms with Gasteiger partial charge >= 0.3 is 0 Å². The molecule has 1 amide bonds. The van der Waals surface area contributed by atoms with Crippen molar-refractivity contribution >= 4 is 34.1 Å². The quantitative estimate of drug-likeness (QED) is 0.576. The molecule has 0 bridgehead atoms. The lowest BCUT2D eigenvalue weighted by molar-refractivity contribution is -0.115. The van der Waals surface area contributed by atoms with Crippen LogP contribution in [0.4, 0.5) is 5.69 Å². The summed E-state index contributed by atoms with van der Waals surface area (Å²) < 4.78 is 0. The number of thioether (sulfide) groups is 1. The maximum atomic E-state index is 12.0. The summed E-state index contributed by atoms with van der Waals surface area (Å²) in [6, 6.07) is 15.8. The molecule has 0 atom stereocenters. The summed E-state index contributed by atoms with van der Waals surface area (Å²) in [5, 5.41) is 5.90. The number of carbonyl (C=O) groups excluding carboxylic acids is 1. The molecule has 0 saturated carbocycles. The number of hydrogen-bond donors (Lipinski definition) is 1. The molecule has 1 aromatic heterocycles. The van der Waals surface area contributed by atoms with Gasteiger partial charge in [0.05, 0.1) is 0 Å². The lowest BCUT2D eigenvalue weighted by Gasteiger charge is -2.06. The van der Waals surface area contributed by atoms with Gasteiger partial charge in [-0.3, -0.25) is 4.79 Å². The first kappa shape index (κ1) is 14.5. The van der Waals surface area contributed by atoms with Crippen LogP contribution in [0, 0.1) is 0 Å². The second-order valence-electron chi connectivity index (χ2n) is 4.74. The van der Waals surface area contributed by atoms with E-state index in [0.29, 0.717) is 17.3 Å². The van der Waals surface area contributed by atoms with Gasteiger partial charge in [0.2, 0.25) is 5.91 Å². The number of aromatic nitrogens is 2. The van der Waals surface area contributed by atoms with Crippen LogP contribution in [0.2, 0.25) is 0 Å². The Morgan fingerprint density at radius 1 is 1.00 bits per heavy atom. The predicted molar refractivity (Wildman–Crippen MR) is 90.0 cm³/mol. The Bertz CT molecular complexity index is 777. The van der Waals surface area contributed by atoms with E-state index in [0.717, 1.165) is 16.5 Å². The van der Waals surface area contributed by atoms with Crippen molar-refractivity contribution in [2.24, 2.45) is 0 Å². The molecule has 0 aliphatic heterocycles. The number of nitrogens with zero attached hydrogens (tertiary/aromatic N) is 2. The highest BCUT2D eigenvalue weighted by Crippen LogP contribution is 2.19. The number of nitrogens with one attached hydrogen (secondary N) is 1. The summed E-state index contributed by atoms with van der Waals surface area (Å²) in [6.07, 6.45) is 3.82. The first-order valence-electron chi connectivity index (χ1n) is 7.00. The second kappa shape index (κ2) is 7.04. The van der Waals surface area contributed by atoms with Gasteiger partial charge in [-0.05, 0) is 29.0 Å². The summed E-state index contributed by atoms with van der Waals surface area (Å²) in [5.41, 5.74) is 0.824. The highest BCUT2D eigenvalue weighted by atomic mass is 32.2. The minimum absolute atomic E-state index is 0.00119. The molecule has 2 aromatic carbocycles. The largest absolute Gasteiger partial charge is 0.326 e. The van der Waals surface area contributed by atoms with Crippen LogP contribution >= 0.6 is 11.8 Å². The molecule has 1 heterocycles. The Labute approximate surface area is 133 Å². The highest BCUT2D eigenvalue weighted by molar-refractivity contribution is 7.99. The molecule has 5 heteroatoms. The molecule has 0 spiro atoms. The van der Waals surface area contributed by atoms with Crippen molar-refractivity contribution in [3.63, 3.8) is 0 Å². The van der Waals surface area contributed by atoms with Crippen molar-refractivity contribution in [1.29, 1.82) is 0 Å². The van der Waals surface area contributed by atoms with E-state index in [2.05, 4.69) is 21.4 Å². The molecule has 22 heavy (non-hydrogen) atoms. The zero-order valence-corrected chi connectivity index (χ0v) is 12.7. The molecule has 3 rings (SSSR count). The Balaban J connectivity index is 1.54. The van der Waals surface area contributed by atoms with Crippen molar-refractivity contribution in [2.75, 3.05) is 11.1 Å². The number of rotatable bonds is 5. The molecule has 0 unspecified atom stereocenters. The predicted octanol–water partition coefficient (Wildman–Crippen LogP) is 3.75. The molecular formula is C17H15N3OS. The van der Waals surface area contributed by atoms with Crippen LogP contribution in [-0.2, 0) is 4.79 Å². The number of anilines is 1. The second-order valence-corrected chi connectivity index (χ2v) is 5.80. The monoisotopic (exact) mass is 309 g/mol. The maximum absolute atomic E-state index is 12.0. The van der Waals surface area contributed by atoms with Crippen molar-refractivity contribution in [1.82, 2.24) is 9.97 Å².